The number of nitrogens with one attached hydrogen (secondary N) is 3. The second kappa shape index (κ2) is 28.6. The molecule has 0 saturated carbocycles. The largest absolute Gasteiger partial charge is 0.398 e. The molecule has 2 saturated heterocycles. The summed E-state index contributed by atoms with van der Waals surface area (Å²) in [5.74, 6) is 0.630. The molecule has 54 heavy (non-hydrogen) atoms. The third kappa shape index (κ3) is 21.5. The number of rotatable bonds is 9. The maximum absolute atomic E-state index is 11.9. The van der Waals surface area contributed by atoms with Gasteiger partial charge in [-0.15, -0.1) is 23.2 Å². The van der Waals surface area contributed by atoms with Crippen molar-refractivity contribution in [2.75, 3.05) is 60.9 Å². The molecule has 16 heteroatoms. The Kier molecular flexibility index (Phi) is 26.6. The lowest BCUT2D eigenvalue weighted by Gasteiger charge is -2.15. The molecule has 0 aromatic heterocycles. The fourth-order valence-electron chi connectivity index (χ4n) is 4.61. The predicted octanol–water partition coefficient (Wildman–Crippen LogP) is 8.54. The molecule has 2 atom stereocenters. The van der Waals surface area contributed by atoms with E-state index in [4.69, 9.17) is 45.6 Å². The number of aliphatic hydroxyl groups excluding tert-OH is 2. The number of halogens is 6. The average molecular weight is 1000 g/mol. The predicted molar refractivity (Wildman–Crippen MR) is 235 cm³/mol. The maximum Gasteiger partial charge on any atom is 0.225 e. The summed E-state index contributed by atoms with van der Waals surface area (Å²) in [6.45, 7) is 9.95. The minimum absolute atomic E-state index is 0.0163. The first-order valence-corrected chi connectivity index (χ1v) is 21.1. The zero-order chi connectivity index (χ0) is 40.6. The van der Waals surface area contributed by atoms with E-state index in [1.165, 1.54) is 0 Å². The third-order valence-corrected chi connectivity index (χ3v) is 11.1. The number of aliphatic hydroxyl groups is 2. The lowest BCUT2D eigenvalue weighted by atomic mass is 10.2. The van der Waals surface area contributed by atoms with E-state index < -0.39 is 0 Å². The van der Waals surface area contributed by atoms with Gasteiger partial charge in [0.15, 0.2) is 0 Å². The first-order chi connectivity index (χ1) is 25.6. The molecule has 10 nitrogen and oxygen atoms in total. The molecule has 0 aliphatic carbocycles. The molecule has 2 aliphatic rings. The van der Waals surface area contributed by atoms with Crippen LogP contribution in [0.5, 0.6) is 0 Å². The second-order valence-corrected chi connectivity index (χ2v) is 16.0. The van der Waals surface area contributed by atoms with Gasteiger partial charge in [-0.3, -0.25) is 14.4 Å². The van der Waals surface area contributed by atoms with Gasteiger partial charge in [0.25, 0.3) is 0 Å². The number of hydrogen-bond donors (Lipinski definition) is 6. The minimum atomic E-state index is -0.370. The van der Waals surface area contributed by atoms with Gasteiger partial charge in [0.05, 0.1) is 12.2 Å². The van der Waals surface area contributed by atoms with Gasteiger partial charge in [0.1, 0.15) is 0 Å². The van der Waals surface area contributed by atoms with Crippen LogP contribution in [0.2, 0.25) is 0 Å². The molecule has 7 N–H and O–H groups in total. The molecule has 5 rings (SSSR count). The highest BCUT2D eigenvalue weighted by molar-refractivity contribution is 9.11. The highest BCUT2D eigenvalue weighted by Gasteiger charge is 2.20. The Balaban J connectivity index is 0.000000365. The Morgan fingerprint density at radius 2 is 1.28 bits per heavy atom. The van der Waals surface area contributed by atoms with E-state index in [0.29, 0.717) is 37.7 Å². The van der Waals surface area contributed by atoms with Crippen LogP contribution < -0.4 is 21.7 Å². The Hall–Kier alpha value is -1.78. The summed E-state index contributed by atoms with van der Waals surface area (Å²) in [4.78, 5) is 35.0. The van der Waals surface area contributed by atoms with Crippen LogP contribution in [0.15, 0.2) is 68.0 Å². The van der Waals surface area contributed by atoms with Crippen molar-refractivity contribution >= 4 is 117 Å². The zero-order valence-corrected chi connectivity index (χ0v) is 37.8. The smallest absolute Gasteiger partial charge is 0.225 e. The molecule has 0 unspecified atom stereocenters. The summed E-state index contributed by atoms with van der Waals surface area (Å²) in [5.41, 5.74) is 11.3. The standard InChI is InChI=1S/C14H19BrN2O2.C10H11BrClNO.C7H8BrN.C4H9NO.C3H4Cl2O/c1-10-12(15)3-2-4-13(10)16-14(19)6-8-17-7-5-11(18)9-17;1-7-8(11)3-2-4-9(7)13-10(14)5-6-12;1-5-6(8)3-2-4-7(5)9;6-4-1-2-5-3-4;4-2-1-3(5)6/h2-4,11,18H,5-9H2,1H3,(H,16,19);2-4H,5-6H2,1H3,(H,13,14);2-4H,9H2,1H3;4-6H,1-3H2;1-2H2/t11-;;;4-;/m1..1./s1. The highest BCUT2D eigenvalue weighted by Crippen LogP contribution is 2.25. The number of amides is 2. The topological polar surface area (TPSA) is 157 Å². The lowest BCUT2D eigenvalue weighted by Crippen LogP contribution is -2.26. The number of nitrogens with zero attached hydrogens (tertiary/aromatic N) is 1. The Bertz CT molecular complexity index is 1580. The van der Waals surface area contributed by atoms with Crippen molar-refractivity contribution in [1.29, 1.82) is 0 Å². The van der Waals surface area contributed by atoms with Gasteiger partial charge in [-0.2, -0.15) is 0 Å². The van der Waals surface area contributed by atoms with Crippen LogP contribution in [0.3, 0.4) is 0 Å². The maximum atomic E-state index is 11.9. The van der Waals surface area contributed by atoms with Gasteiger partial charge in [-0.1, -0.05) is 66.0 Å². The first-order valence-electron chi connectivity index (χ1n) is 17.3. The summed E-state index contributed by atoms with van der Waals surface area (Å²) in [6.07, 6.45) is 2.52. The summed E-state index contributed by atoms with van der Waals surface area (Å²) in [6, 6.07) is 17.2. The number of hydrogen-bond acceptors (Lipinski definition) is 8. The van der Waals surface area contributed by atoms with Crippen molar-refractivity contribution in [1.82, 2.24) is 10.2 Å². The number of benzene rings is 3. The Morgan fingerprint density at radius 3 is 1.63 bits per heavy atom. The molecule has 0 bridgehead atoms. The van der Waals surface area contributed by atoms with Crippen LogP contribution >= 0.6 is 82.6 Å². The van der Waals surface area contributed by atoms with Crippen LogP contribution in [0, 0.1) is 20.8 Å². The molecule has 300 valence electrons. The van der Waals surface area contributed by atoms with Crippen LogP contribution in [0.1, 0.15) is 48.8 Å². The number of anilines is 3. The van der Waals surface area contributed by atoms with Crippen LogP contribution in [0.25, 0.3) is 0 Å². The van der Waals surface area contributed by atoms with E-state index in [1.54, 1.807) is 0 Å². The molecule has 3 aromatic carbocycles. The third-order valence-electron chi connectivity index (χ3n) is 7.94. The van der Waals surface area contributed by atoms with Crippen molar-refractivity contribution in [2.45, 2.75) is 65.1 Å². The van der Waals surface area contributed by atoms with Crippen molar-refractivity contribution in [2.24, 2.45) is 0 Å². The Labute approximate surface area is 359 Å². The summed E-state index contributed by atoms with van der Waals surface area (Å²) >= 11 is 25.6. The molecular formula is C38H51Br3Cl3N5O5. The van der Waals surface area contributed by atoms with Crippen LogP contribution in [0.4, 0.5) is 17.1 Å². The number of nitrogen functional groups attached to an aromatic ring is 1. The number of carbonyl (C=O) groups is 3. The summed E-state index contributed by atoms with van der Waals surface area (Å²) < 4.78 is 3.05. The van der Waals surface area contributed by atoms with Gasteiger partial charge >= 0.3 is 0 Å². The number of likely N-dealkylation sites (tertiary alicyclic amines) is 1. The van der Waals surface area contributed by atoms with Crippen molar-refractivity contribution in [3.63, 3.8) is 0 Å². The molecule has 0 spiro atoms. The zero-order valence-electron chi connectivity index (χ0n) is 30.7. The summed E-state index contributed by atoms with van der Waals surface area (Å²) in [5, 5.41) is 26.5. The highest BCUT2D eigenvalue weighted by atomic mass is 79.9. The minimum Gasteiger partial charge on any atom is -0.398 e. The fourth-order valence-corrected chi connectivity index (χ4v) is 6.26. The molecular weight excluding hydrogens is 953 g/mol. The van der Waals surface area contributed by atoms with Gasteiger partial charge < -0.3 is 36.8 Å². The quantitative estimate of drug-likeness (QED) is 0.0708. The number of alkyl halides is 2. The van der Waals surface area contributed by atoms with Gasteiger partial charge in [-0.05, 0) is 105 Å². The molecule has 3 aromatic rings. The normalized spacial score (nSPS) is 15.8. The SMILES string of the molecule is Cc1c(Br)cccc1NC(=O)CCCl.Cc1c(Br)cccc1NC(=O)CCN1CC[C@@H](O)C1.Cc1c(N)cccc1Br.O=C(Cl)CCCl.O[C@@H]1CCNC1. The summed E-state index contributed by atoms with van der Waals surface area (Å²) in [7, 11) is 0. The van der Waals surface area contributed by atoms with Gasteiger partial charge in [-0.25, -0.2) is 0 Å². The number of nitrogens with two attached hydrogens (primary N) is 1. The molecule has 2 fully saturated rings. The number of β-amino-alcohol motifs (C(OH)–C–C–N with tert-alkyl or cyclic N) is 2. The average Bonchev–Trinajstić information content (AvgIpc) is 3.78. The van der Waals surface area contributed by atoms with Crippen LogP contribution in [-0.4, -0.2) is 88.9 Å². The van der Waals surface area contributed by atoms with Crippen molar-refractivity contribution < 1.29 is 24.6 Å². The van der Waals surface area contributed by atoms with E-state index >= 15 is 0 Å². The molecule has 2 heterocycles. The van der Waals surface area contributed by atoms with Crippen molar-refractivity contribution in [3.05, 3.63) is 84.7 Å². The fraction of sp³-hybridized carbons (Fsp3) is 0.447. The monoisotopic (exact) mass is 999 g/mol. The van der Waals surface area contributed by atoms with E-state index in [0.717, 1.165) is 79.6 Å². The Morgan fingerprint density at radius 1 is 0.778 bits per heavy atom. The molecule has 0 radical (unpaired) electrons. The molecule has 2 amide bonds. The van der Waals surface area contributed by atoms with Crippen LogP contribution in [-0.2, 0) is 14.4 Å². The number of carbonyl (C=O) groups excluding carboxylic acids is 3. The molecule has 2 aliphatic heterocycles. The lowest BCUT2D eigenvalue weighted by molar-refractivity contribution is -0.117. The van der Waals surface area contributed by atoms with E-state index in [9.17, 15) is 19.5 Å². The van der Waals surface area contributed by atoms with Gasteiger partial charge in [0, 0.05) is 87.7 Å². The van der Waals surface area contributed by atoms with Crippen molar-refractivity contribution in [3.8, 4) is 0 Å². The van der Waals surface area contributed by atoms with E-state index in [2.05, 4.69) is 68.6 Å². The first kappa shape index (κ1) is 50.2. The van der Waals surface area contributed by atoms with Gasteiger partial charge in [0.2, 0.25) is 17.1 Å². The second-order valence-electron chi connectivity index (χ2n) is 12.2. The van der Waals surface area contributed by atoms with E-state index in [-0.39, 0.29) is 35.7 Å². The van der Waals surface area contributed by atoms with E-state index in [1.807, 2.05) is 75.4 Å².